The Labute approximate surface area is 273 Å². The van der Waals surface area contributed by atoms with E-state index in [1.807, 2.05) is 107 Å². The van der Waals surface area contributed by atoms with Crippen molar-refractivity contribution < 1.29 is 14.3 Å². The lowest BCUT2D eigenvalue weighted by molar-refractivity contribution is 0.0635. The third kappa shape index (κ3) is 8.39. The summed E-state index contributed by atoms with van der Waals surface area (Å²) in [5, 5.41) is 10.3. The number of pyridine rings is 3. The van der Waals surface area contributed by atoms with Crippen LogP contribution in [-0.2, 0) is 4.74 Å². The number of carbonyl (C=O) groups is 2. The van der Waals surface area contributed by atoms with Crippen LogP contribution < -0.4 is 16.0 Å². The van der Waals surface area contributed by atoms with Crippen LogP contribution in [0, 0.1) is 0 Å². The minimum Gasteiger partial charge on any atom is -0.444 e. The summed E-state index contributed by atoms with van der Waals surface area (Å²) in [6.07, 6.45) is 4.81. The van der Waals surface area contributed by atoms with E-state index in [0.717, 1.165) is 43.5 Å². The van der Waals surface area contributed by atoms with Gasteiger partial charge in [-0.25, -0.2) is 4.79 Å². The molecule has 0 saturated heterocycles. The SMILES string of the molecule is CC(C)c1cc2nccc(Nc3cc(C(=O)NC(C)c4ccccn4)ccc3Sc3ccc(NC(=O)OC(C)(C)C)cc3)c2cn1. The van der Waals surface area contributed by atoms with Gasteiger partial charge in [0.05, 0.1) is 28.6 Å². The predicted molar refractivity (Wildman–Crippen MR) is 184 cm³/mol. The van der Waals surface area contributed by atoms with Gasteiger partial charge in [-0.15, -0.1) is 0 Å². The first kappa shape index (κ1) is 32.4. The quantitative estimate of drug-likeness (QED) is 0.147. The van der Waals surface area contributed by atoms with Crippen molar-refractivity contribution in [1.29, 1.82) is 0 Å². The normalized spacial score (nSPS) is 12.1. The summed E-state index contributed by atoms with van der Waals surface area (Å²) >= 11 is 1.53. The maximum absolute atomic E-state index is 13.4. The van der Waals surface area contributed by atoms with Crippen molar-refractivity contribution in [3.05, 3.63) is 108 Å². The van der Waals surface area contributed by atoms with Crippen molar-refractivity contribution in [2.24, 2.45) is 0 Å². The monoisotopic (exact) mass is 634 g/mol. The van der Waals surface area contributed by atoms with Crippen molar-refractivity contribution in [2.75, 3.05) is 10.6 Å². The van der Waals surface area contributed by atoms with Crippen molar-refractivity contribution in [2.45, 2.75) is 68.9 Å². The minimum absolute atomic E-state index is 0.210. The van der Waals surface area contributed by atoms with Gasteiger partial charge in [-0.3, -0.25) is 25.1 Å². The van der Waals surface area contributed by atoms with Crippen molar-refractivity contribution in [1.82, 2.24) is 20.3 Å². The molecule has 0 aliphatic heterocycles. The number of rotatable bonds is 9. The van der Waals surface area contributed by atoms with Crippen molar-refractivity contribution in [3.8, 4) is 0 Å². The molecule has 5 aromatic rings. The maximum Gasteiger partial charge on any atom is 0.412 e. The van der Waals surface area contributed by atoms with Gasteiger partial charge in [0.2, 0.25) is 0 Å². The van der Waals surface area contributed by atoms with Gasteiger partial charge in [-0.05, 0) is 100 Å². The maximum atomic E-state index is 13.4. The highest BCUT2D eigenvalue weighted by molar-refractivity contribution is 7.99. The number of nitrogens with one attached hydrogen (secondary N) is 3. The number of hydrogen-bond acceptors (Lipinski definition) is 8. The number of fused-ring (bicyclic) bond motifs is 1. The first-order valence-electron chi connectivity index (χ1n) is 15.1. The Balaban J connectivity index is 1.43. The van der Waals surface area contributed by atoms with E-state index in [1.54, 1.807) is 12.4 Å². The van der Waals surface area contributed by atoms with Crippen LogP contribution in [0.15, 0.2) is 101 Å². The first-order chi connectivity index (χ1) is 21.9. The summed E-state index contributed by atoms with van der Waals surface area (Å²) in [7, 11) is 0. The average molecular weight is 635 g/mol. The molecule has 0 saturated carbocycles. The summed E-state index contributed by atoms with van der Waals surface area (Å²) in [5.41, 5.74) is 4.71. The summed E-state index contributed by atoms with van der Waals surface area (Å²) in [5.74, 6) is 0.0679. The molecular formula is C36H38N6O3S. The molecule has 5 rings (SSSR count). The number of amides is 2. The fraction of sp³-hybridized carbons (Fsp3) is 0.250. The van der Waals surface area contributed by atoms with Crippen LogP contribution in [0.25, 0.3) is 10.9 Å². The second-order valence-electron chi connectivity index (χ2n) is 12.2. The van der Waals surface area contributed by atoms with E-state index < -0.39 is 11.7 Å². The van der Waals surface area contributed by atoms with Crippen LogP contribution in [0.1, 0.15) is 75.2 Å². The first-order valence-corrected chi connectivity index (χ1v) is 15.9. The molecule has 2 aromatic carbocycles. The molecule has 1 unspecified atom stereocenters. The van der Waals surface area contributed by atoms with E-state index in [9.17, 15) is 9.59 Å². The van der Waals surface area contributed by atoms with E-state index in [2.05, 4.69) is 44.7 Å². The topological polar surface area (TPSA) is 118 Å². The van der Waals surface area contributed by atoms with E-state index in [1.165, 1.54) is 11.8 Å². The molecule has 3 heterocycles. The second-order valence-corrected chi connectivity index (χ2v) is 13.3. The standard InChI is InChI=1S/C36H38N6O3S/c1-22(2)30-20-31-27(21-39-30)29(16-18-38-31)42-32-19-24(34(43)40-23(3)28-9-7-8-17-37-28)10-15-33(32)46-26-13-11-25(12-14-26)41-35(44)45-36(4,5)6/h7-23H,1-6H3,(H,38,42)(H,40,43)(H,41,44). The Hall–Kier alpha value is -4.96. The molecule has 0 aliphatic rings. The van der Waals surface area contributed by atoms with Crippen LogP contribution in [0.2, 0.25) is 0 Å². The Morgan fingerprint density at radius 2 is 1.61 bits per heavy atom. The molecule has 2 amide bonds. The zero-order valence-corrected chi connectivity index (χ0v) is 27.6. The fourth-order valence-electron chi connectivity index (χ4n) is 4.63. The number of carbonyl (C=O) groups excluding carboxylic acids is 2. The lowest BCUT2D eigenvalue weighted by Gasteiger charge is -2.19. The number of ether oxygens (including phenoxy) is 1. The van der Waals surface area contributed by atoms with E-state index in [4.69, 9.17) is 4.74 Å². The molecular weight excluding hydrogens is 597 g/mol. The molecule has 0 aliphatic carbocycles. The van der Waals surface area contributed by atoms with Gasteiger partial charge in [-0.2, -0.15) is 0 Å². The van der Waals surface area contributed by atoms with Crippen LogP contribution in [0.3, 0.4) is 0 Å². The van der Waals surface area contributed by atoms with Gasteiger partial charge in [0, 0.05) is 50.7 Å². The average Bonchev–Trinajstić information content (AvgIpc) is 3.02. The summed E-state index contributed by atoms with van der Waals surface area (Å²) in [6, 6.07) is 22.4. The smallest absolute Gasteiger partial charge is 0.412 e. The molecule has 3 aromatic heterocycles. The lowest BCUT2D eigenvalue weighted by Crippen LogP contribution is -2.27. The molecule has 3 N–H and O–H groups in total. The zero-order chi connectivity index (χ0) is 32.8. The van der Waals surface area contributed by atoms with Gasteiger partial charge in [-0.1, -0.05) is 31.7 Å². The molecule has 0 radical (unpaired) electrons. The van der Waals surface area contributed by atoms with Gasteiger partial charge in [0.25, 0.3) is 5.91 Å². The third-order valence-corrected chi connectivity index (χ3v) is 8.04. The number of benzene rings is 2. The molecule has 46 heavy (non-hydrogen) atoms. The fourth-order valence-corrected chi connectivity index (χ4v) is 5.51. The number of aromatic nitrogens is 3. The molecule has 0 fully saturated rings. The second kappa shape index (κ2) is 14.0. The minimum atomic E-state index is -0.588. The van der Waals surface area contributed by atoms with E-state index in [-0.39, 0.29) is 17.9 Å². The third-order valence-electron chi connectivity index (χ3n) is 6.96. The van der Waals surface area contributed by atoms with Gasteiger partial charge in [0.15, 0.2) is 0 Å². The van der Waals surface area contributed by atoms with Gasteiger partial charge >= 0.3 is 6.09 Å². The van der Waals surface area contributed by atoms with Crippen molar-refractivity contribution >= 4 is 51.7 Å². The van der Waals surface area contributed by atoms with Crippen LogP contribution in [0.5, 0.6) is 0 Å². The molecule has 1 atom stereocenters. The number of anilines is 3. The highest BCUT2D eigenvalue weighted by atomic mass is 32.2. The van der Waals surface area contributed by atoms with Crippen LogP contribution in [0.4, 0.5) is 21.9 Å². The van der Waals surface area contributed by atoms with Crippen LogP contribution in [-0.4, -0.2) is 32.6 Å². The molecule has 0 bridgehead atoms. The largest absolute Gasteiger partial charge is 0.444 e. The summed E-state index contributed by atoms with van der Waals surface area (Å²) in [4.78, 5) is 41.1. The molecule has 0 spiro atoms. The predicted octanol–water partition coefficient (Wildman–Crippen LogP) is 8.88. The number of hydrogen-bond donors (Lipinski definition) is 3. The molecule has 9 nitrogen and oxygen atoms in total. The molecule has 10 heteroatoms. The highest BCUT2D eigenvalue weighted by Gasteiger charge is 2.18. The Morgan fingerprint density at radius 3 is 2.30 bits per heavy atom. The Kier molecular flexibility index (Phi) is 9.87. The van der Waals surface area contributed by atoms with E-state index >= 15 is 0 Å². The lowest BCUT2D eigenvalue weighted by atomic mass is 10.1. The zero-order valence-electron chi connectivity index (χ0n) is 26.8. The summed E-state index contributed by atoms with van der Waals surface area (Å²) < 4.78 is 5.36. The van der Waals surface area contributed by atoms with Gasteiger partial charge in [0.1, 0.15) is 5.60 Å². The van der Waals surface area contributed by atoms with Gasteiger partial charge < -0.3 is 15.4 Å². The highest BCUT2D eigenvalue weighted by Crippen LogP contribution is 2.37. The molecule has 236 valence electrons. The van der Waals surface area contributed by atoms with E-state index in [0.29, 0.717) is 11.3 Å². The Morgan fingerprint density at radius 1 is 0.826 bits per heavy atom. The summed E-state index contributed by atoms with van der Waals surface area (Å²) in [6.45, 7) is 11.6. The Bertz CT molecular complexity index is 1840. The van der Waals surface area contributed by atoms with Crippen molar-refractivity contribution in [3.63, 3.8) is 0 Å². The van der Waals surface area contributed by atoms with Crippen LogP contribution >= 0.6 is 11.8 Å². The number of nitrogens with zero attached hydrogens (tertiary/aromatic N) is 3.